The summed E-state index contributed by atoms with van der Waals surface area (Å²) in [6.07, 6.45) is 0. The van der Waals surface area contributed by atoms with Crippen LogP contribution in [-0.2, 0) is 11.3 Å². The van der Waals surface area contributed by atoms with Crippen molar-refractivity contribution in [3.63, 3.8) is 0 Å². The predicted octanol–water partition coefficient (Wildman–Crippen LogP) is 0.400. The Morgan fingerprint density at radius 1 is 1.45 bits per heavy atom. The van der Waals surface area contributed by atoms with E-state index in [0.29, 0.717) is 0 Å². The van der Waals surface area contributed by atoms with E-state index in [9.17, 15) is 0 Å². The first kappa shape index (κ1) is 9.15. The predicted molar refractivity (Wildman–Crippen MR) is 50.1 cm³/mol. The van der Waals surface area contributed by atoms with Gasteiger partial charge < -0.3 is 0 Å². The minimum absolute atomic E-state index is 0.757. The Labute approximate surface area is 82.6 Å². The van der Waals surface area contributed by atoms with Crippen molar-refractivity contribution in [1.29, 1.82) is 0 Å². The van der Waals surface area contributed by atoms with Gasteiger partial charge in [0.25, 0.3) is 0 Å². The minimum atomic E-state index is 0.757. The second-order valence-corrected chi connectivity index (χ2v) is 5.05. The number of rotatable bonds is 2. The first-order valence-corrected chi connectivity index (χ1v) is 5.82. The zero-order chi connectivity index (χ0) is 8.27. The maximum absolute atomic E-state index is 5.09. The molecule has 0 aromatic heterocycles. The third-order valence-corrected chi connectivity index (χ3v) is 3.79. The zero-order valence-corrected chi connectivity index (χ0v) is 11.4. The summed E-state index contributed by atoms with van der Waals surface area (Å²) in [5, 5.41) is 0. The molecule has 0 spiro atoms. The van der Waals surface area contributed by atoms with E-state index < -0.39 is 0 Å². The van der Waals surface area contributed by atoms with Crippen molar-refractivity contribution in [2.75, 3.05) is 7.11 Å². The van der Waals surface area contributed by atoms with Crippen molar-refractivity contribution in [3.05, 3.63) is 29.3 Å². The van der Waals surface area contributed by atoms with Crippen LogP contribution in [-0.4, -0.2) is 31.8 Å². The van der Waals surface area contributed by atoms with Crippen molar-refractivity contribution < 1.29 is 4.74 Å². The second kappa shape index (κ2) is 4.18. The Kier molecular flexibility index (Phi) is 3.48. The first-order valence-electron chi connectivity index (χ1n) is 3.58. The number of hydrogen-bond acceptors (Lipinski definition) is 1. The van der Waals surface area contributed by atoms with Gasteiger partial charge in [-0.05, 0) is 0 Å². The average molecular weight is 346 g/mol. The monoisotopic (exact) mass is 346 g/mol. The van der Waals surface area contributed by atoms with Crippen molar-refractivity contribution in [1.82, 2.24) is 0 Å². The molecule has 0 amide bonds. The van der Waals surface area contributed by atoms with E-state index in [2.05, 4.69) is 25.1 Å². The summed E-state index contributed by atoms with van der Waals surface area (Å²) in [6, 6.07) is 6.57. The Balaban J connectivity index is 2.93. The van der Waals surface area contributed by atoms with Gasteiger partial charge in [-0.1, -0.05) is 0 Å². The fourth-order valence-electron chi connectivity index (χ4n) is 1.02. The molecule has 0 atom stereocenters. The molecule has 0 bridgehead atoms. The molecule has 0 heterocycles. The first-order chi connectivity index (χ1) is 5.24. The van der Waals surface area contributed by atoms with Gasteiger partial charge in [0.05, 0.1) is 0 Å². The van der Waals surface area contributed by atoms with Gasteiger partial charge in [0.1, 0.15) is 0 Å². The van der Waals surface area contributed by atoms with Gasteiger partial charge >= 0.3 is 82.7 Å². The summed E-state index contributed by atoms with van der Waals surface area (Å²) in [5.41, 5.74) is 2.68. The molecule has 0 aliphatic heterocycles. The Hall–Kier alpha value is 0.0631. The SMILES string of the molecule is COCc1cc(C)cc[c]1[BiH2]. The standard InChI is InChI=1S/C9H11O.Bi.2H/c1-8-4-3-5-9(6-8)7-10-2;;;/h3-4,6H,7H2,1-2H3;;;. The van der Waals surface area contributed by atoms with E-state index in [1.54, 1.807) is 7.11 Å². The second-order valence-electron chi connectivity index (χ2n) is 2.64. The van der Waals surface area contributed by atoms with Gasteiger partial charge in [0.2, 0.25) is 0 Å². The van der Waals surface area contributed by atoms with Crippen LogP contribution >= 0.6 is 0 Å². The molecule has 1 nitrogen and oxygen atoms in total. The molecule has 0 fully saturated rings. The molecule has 0 saturated carbocycles. The summed E-state index contributed by atoms with van der Waals surface area (Å²) < 4.78 is 6.56. The molecular weight excluding hydrogens is 333 g/mol. The molecule has 0 N–H and O–H groups in total. The van der Waals surface area contributed by atoms with E-state index in [1.165, 1.54) is 14.4 Å². The van der Waals surface area contributed by atoms with Crippen LogP contribution in [0.4, 0.5) is 0 Å². The molecule has 0 radical (unpaired) electrons. The van der Waals surface area contributed by atoms with Gasteiger partial charge in [-0.15, -0.1) is 0 Å². The Morgan fingerprint density at radius 2 is 2.18 bits per heavy atom. The molecule has 0 aliphatic rings. The van der Waals surface area contributed by atoms with E-state index >= 15 is 0 Å². The van der Waals surface area contributed by atoms with E-state index in [1.807, 2.05) is 0 Å². The van der Waals surface area contributed by atoms with E-state index in [0.717, 1.165) is 31.3 Å². The van der Waals surface area contributed by atoms with Crippen molar-refractivity contribution >= 4 is 28.0 Å². The molecule has 1 aromatic rings. The van der Waals surface area contributed by atoms with Crippen molar-refractivity contribution in [2.24, 2.45) is 0 Å². The number of benzene rings is 1. The molecule has 2 heteroatoms. The number of aryl methyl sites for hydroxylation is 1. The fourth-order valence-corrected chi connectivity index (χ4v) is 2.04. The molecule has 11 heavy (non-hydrogen) atoms. The van der Waals surface area contributed by atoms with Crippen LogP contribution in [0.15, 0.2) is 18.2 Å². The van der Waals surface area contributed by atoms with Crippen LogP contribution in [0.5, 0.6) is 0 Å². The third-order valence-electron chi connectivity index (χ3n) is 1.60. The van der Waals surface area contributed by atoms with Crippen LogP contribution in [0.1, 0.15) is 11.1 Å². The van der Waals surface area contributed by atoms with Crippen LogP contribution in [0.3, 0.4) is 0 Å². The topological polar surface area (TPSA) is 9.23 Å². The summed E-state index contributed by atoms with van der Waals surface area (Å²) in [5.74, 6) is 0. The van der Waals surface area contributed by atoms with Crippen LogP contribution in [0.25, 0.3) is 0 Å². The fraction of sp³-hybridized carbons (Fsp3) is 0.333. The van der Waals surface area contributed by atoms with Gasteiger partial charge in [-0.25, -0.2) is 0 Å². The summed E-state index contributed by atoms with van der Waals surface area (Å²) in [4.78, 5) is 0. The molecule has 0 aliphatic carbocycles. The van der Waals surface area contributed by atoms with Gasteiger partial charge in [-0.2, -0.15) is 0 Å². The summed E-state index contributed by atoms with van der Waals surface area (Å²) in [6.45, 7) is 2.87. The number of hydrogen-bond donors (Lipinski definition) is 0. The quantitative estimate of drug-likeness (QED) is 0.705. The van der Waals surface area contributed by atoms with E-state index in [4.69, 9.17) is 4.74 Å². The molecule has 1 rings (SSSR count). The van der Waals surface area contributed by atoms with E-state index in [-0.39, 0.29) is 0 Å². The maximum atomic E-state index is 5.09. The van der Waals surface area contributed by atoms with Crippen molar-refractivity contribution in [3.8, 4) is 0 Å². The molecule has 0 saturated heterocycles. The summed E-state index contributed by atoms with van der Waals surface area (Å²) >= 11 is 0.908. The normalized spacial score (nSPS) is 10.1. The number of methoxy groups -OCH3 is 1. The van der Waals surface area contributed by atoms with Crippen LogP contribution < -0.4 is 3.27 Å². The van der Waals surface area contributed by atoms with Gasteiger partial charge in [0.15, 0.2) is 0 Å². The Bertz CT molecular complexity index is 245. The third kappa shape index (κ3) is 2.54. The zero-order valence-electron chi connectivity index (χ0n) is 6.92. The molecule has 1 aromatic carbocycles. The average Bonchev–Trinajstić information content (AvgIpc) is 1.98. The Morgan fingerprint density at radius 3 is 2.82 bits per heavy atom. The number of ether oxygens (including phenoxy) is 1. The van der Waals surface area contributed by atoms with Crippen LogP contribution in [0, 0.1) is 6.92 Å². The molecule has 0 unspecified atom stereocenters. The van der Waals surface area contributed by atoms with Crippen LogP contribution in [0.2, 0.25) is 0 Å². The summed E-state index contributed by atoms with van der Waals surface area (Å²) in [7, 11) is 1.74. The molecular formula is C9H13BiO. The van der Waals surface area contributed by atoms with Crippen molar-refractivity contribution in [2.45, 2.75) is 13.5 Å². The van der Waals surface area contributed by atoms with Gasteiger partial charge in [-0.3, -0.25) is 0 Å². The van der Waals surface area contributed by atoms with Gasteiger partial charge in [0, 0.05) is 0 Å². The molecule has 60 valence electrons.